The van der Waals surface area contributed by atoms with E-state index < -0.39 is 0 Å². The lowest BCUT2D eigenvalue weighted by atomic mass is 10.0. The molecule has 0 spiro atoms. The van der Waals surface area contributed by atoms with Gasteiger partial charge in [0.1, 0.15) is 12.4 Å². The van der Waals surface area contributed by atoms with Crippen LogP contribution < -0.4 is 10.2 Å². The first kappa shape index (κ1) is 21.5. The molecule has 1 amide bonds. The van der Waals surface area contributed by atoms with Crippen molar-refractivity contribution in [3.05, 3.63) is 110 Å². The number of fused-ring (bicyclic) bond motifs is 1. The minimum Gasteiger partial charge on any atom is -0.488 e. The van der Waals surface area contributed by atoms with Crippen LogP contribution in [-0.2, 0) is 6.61 Å². The maximum absolute atomic E-state index is 12.5. The van der Waals surface area contributed by atoms with Crippen molar-refractivity contribution in [3.63, 3.8) is 0 Å². The highest BCUT2D eigenvalue weighted by molar-refractivity contribution is 14.1. The smallest absolute Gasteiger partial charge is 0.272 e. The van der Waals surface area contributed by atoms with E-state index in [1.165, 1.54) is 0 Å². The van der Waals surface area contributed by atoms with Crippen molar-refractivity contribution in [3.8, 4) is 5.75 Å². The van der Waals surface area contributed by atoms with E-state index in [4.69, 9.17) is 4.74 Å². The molecular formula is C25H18BrIN2O2. The minimum absolute atomic E-state index is 0.252. The summed E-state index contributed by atoms with van der Waals surface area (Å²) in [6.07, 6.45) is 1.65. The lowest BCUT2D eigenvalue weighted by molar-refractivity contribution is 0.0954. The zero-order valence-corrected chi connectivity index (χ0v) is 20.1. The quantitative estimate of drug-likeness (QED) is 0.159. The van der Waals surface area contributed by atoms with E-state index in [1.807, 2.05) is 78.9 Å². The molecular weight excluding hydrogens is 567 g/mol. The van der Waals surface area contributed by atoms with Crippen molar-refractivity contribution in [2.75, 3.05) is 0 Å². The van der Waals surface area contributed by atoms with Gasteiger partial charge < -0.3 is 4.74 Å². The van der Waals surface area contributed by atoms with E-state index in [0.717, 1.165) is 29.9 Å². The fourth-order valence-electron chi connectivity index (χ4n) is 3.18. The molecule has 0 atom stereocenters. The Morgan fingerprint density at radius 3 is 2.65 bits per heavy atom. The Bertz CT molecular complexity index is 1270. The third kappa shape index (κ3) is 5.32. The molecule has 0 unspecified atom stereocenters. The second kappa shape index (κ2) is 10.1. The number of nitrogens with one attached hydrogen (secondary N) is 1. The van der Waals surface area contributed by atoms with E-state index in [-0.39, 0.29) is 5.91 Å². The van der Waals surface area contributed by atoms with Crippen LogP contribution in [0.5, 0.6) is 5.75 Å². The third-order valence-electron chi connectivity index (χ3n) is 4.69. The molecule has 0 aliphatic carbocycles. The molecule has 4 aromatic rings. The summed E-state index contributed by atoms with van der Waals surface area (Å²) in [5, 5.41) is 6.30. The van der Waals surface area contributed by atoms with E-state index in [0.29, 0.717) is 17.9 Å². The van der Waals surface area contributed by atoms with Crippen LogP contribution in [0.1, 0.15) is 21.5 Å². The first-order chi connectivity index (χ1) is 15.1. The van der Waals surface area contributed by atoms with Crippen LogP contribution in [0.3, 0.4) is 0 Å². The Hall–Kier alpha value is -2.71. The number of rotatable bonds is 6. The summed E-state index contributed by atoms with van der Waals surface area (Å²) >= 11 is 5.63. The summed E-state index contributed by atoms with van der Waals surface area (Å²) in [6.45, 7) is 0.424. The number of hydrogen-bond donors (Lipinski definition) is 1. The molecule has 31 heavy (non-hydrogen) atoms. The molecule has 0 aromatic heterocycles. The van der Waals surface area contributed by atoms with Crippen LogP contribution in [-0.4, -0.2) is 12.1 Å². The van der Waals surface area contributed by atoms with Gasteiger partial charge in [-0.15, -0.1) is 0 Å². The molecule has 0 saturated heterocycles. The van der Waals surface area contributed by atoms with Crippen LogP contribution in [0, 0.1) is 3.57 Å². The van der Waals surface area contributed by atoms with Gasteiger partial charge >= 0.3 is 0 Å². The summed E-state index contributed by atoms with van der Waals surface area (Å²) in [5.74, 6) is 0.448. The van der Waals surface area contributed by atoms with Crippen molar-refractivity contribution in [2.45, 2.75) is 6.61 Å². The highest BCUT2D eigenvalue weighted by Crippen LogP contribution is 2.27. The molecule has 0 aliphatic rings. The molecule has 4 nitrogen and oxygen atoms in total. The summed E-state index contributed by atoms with van der Waals surface area (Å²) in [6, 6.07) is 27.4. The van der Waals surface area contributed by atoms with Crippen molar-refractivity contribution < 1.29 is 9.53 Å². The average molecular weight is 585 g/mol. The molecule has 0 heterocycles. The maximum atomic E-state index is 12.5. The maximum Gasteiger partial charge on any atom is 0.272 e. The highest BCUT2D eigenvalue weighted by Gasteiger charge is 2.10. The Kier molecular flexibility index (Phi) is 6.99. The Balaban J connectivity index is 1.60. The van der Waals surface area contributed by atoms with E-state index in [2.05, 4.69) is 49.0 Å². The number of carbonyl (C=O) groups is 1. The van der Waals surface area contributed by atoms with Gasteiger partial charge in [-0.25, -0.2) is 5.43 Å². The normalized spacial score (nSPS) is 11.0. The highest BCUT2D eigenvalue weighted by atomic mass is 127. The van der Waals surface area contributed by atoms with Crippen LogP contribution in [0.4, 0.5) is 0 Å². The van der Waals surface area contributed by atoms with E-state index >= 15 is 0 Å². The van der Waals surface area contributed by atoms with Gasteiger partial charge in [-0.2, -0.15) is 5.10 Å². The first-order valence-corrected chi connectivity index (χ1v) is 11.5. The topological polar surface area (TPSA) is 50.7 Å². The summed E-state index contributed by atoms with van der Waals surface area (Å²) in [7, 11) is 0. The monoisotopic (exact) mass is 584 g/mol. The Morgan fingerprint density at radius 2 is 1.81 bits per heavy atom. The van der Waals surface area contributed by atoms with Gasteiger partial charge in [-0.3, -0.25) is 4.79 Å². The fraction of sp³-hybridized carbons (Fsp3) is 0.0400. The van der Waals surface area contributed by atoms with E-state index in [9.17, 15) is 4.79 Å². The summed E-state index contributed by atoms with van der Waals surface area (Å²) in [5.41, 5.74) is 5.08. The minimum atomic E-state index is -0.252. The molecule has 0 radical (unpaired) electrons. The standard InChI is InChI=1S/C25H18BrIN2O2/c26-19-8-5-6-17(14-19)16-31-24-13-12-18-7-1-2-9-20(18)22(24)15-28-29-25(30)21-10-3-4-11-23(21)27/h1-15H,16H2,(H,29,30)/b28-15+. The number of amides is 1. The Labute approximate surface area is 202 Å². The number of benzene rings is 4. The average Bonchev–Trinajstić information content (AvgIpc) is 2.78. The number of halogens is 2. The molecule has 1 N–H and O–H groups in total. The fourth-order valence-corrected chi connectivity index (χ4v) is 4.26. The van der Waals surface area contributed by atoms with Gasteiger partial charge in [0, 0.05) is 13.6 Å². The number of carbonyl (C=O) groups excluding carboxylic acids is 1. The second-order valence-corrected chi connectivity index (χ2v) is 8.87. The zero-order chi connectivity index (χ0) is 21.6. The van der Waals surface area contributed by atoms with E-state index in [1.54, 1.807) is 12.3 Å². The van der Waals surface area contributed by atoms with Crippen LogP contribution in [0.25, 0.3) is 10.8 Å². The van der Waals surface area contributed by atoms with Crippen molar-refractivity contribution in [1.29, 1.82) is 0 Å². The molecule has 0 fully saturated rings. The summed E-state index contributed by atoms with van der Waals surface area (Å²) < 4.78 is 8.00. The predicted octanol–water partition coefficient (Wildman–Crippen LogP) is 6.55. The van der Waals surface area contributed by atoms with Gasteiger partial charge in [0.05, 0.1) is 11.8 Å². The Morgan fingerprint density at radius 1 is 1.00 bits per heavy atom. The summed E-state index contributed by atoms with van der Waals surface area (Å²) in [4.78, 5) is 12.5. The molecule has 0 bridgehead atoms. The largest absolute Gasteiger partial charge is 0.488 e. The molecule has 154 valence electrons. The zero-order valence-electron chi connectivity index (χ0n) is 16.4. The van der Waals surface area contributed by atoms with Crippen LogP contribution in [0.15, 0.2) is 94.5 Å². The van der Waals surface area contributed by atoms with Crippen molar-refractivity contribution in [2.24, 2.45) is 5.10 Å². The molecule has 0 aliphatic heterocycles. The van der Waals surface area contributed by atoms with Crippen molar-refractivity contribution in [1.82, 2.24) is 5.43 Å². The molecule has 6 heteroatoms. The number of hydrogen-bond acceptors (Lipinski definition) is 3. The molecule has 4 rings (SSSR count). The van der Waals surface area contributed by atoms with Crippen LogP contribution in [0.2, 0.25) is 0 Å². The number of hydrazone groups is 1. The van der Waals surface area contributed by atoms with Gasteiger partial charge in [0.2, 0.25) is 0 Å². The molecule has 4 aromatic carbocycles. The lowest BCUT2D eigenvalue weighted by Crippen LogP contribution is -2.18. The SMILES string of the molecule is O=C(N/N=C/c1c(OCc2cccc(Br)c2)ccc2ccccc12)c1ccccc1I. The predicted molar refractivity (Wildman–Crippen MR) is 137 cm³/mol. The first-order valence-electron chi connectivity index (χ1n) is 9.59. The van der Waals surface area contributed by atoms with Crippen LogP contribution >= 0.6 is 38.5 Å². The van der Waals surface area contributed by atoms with Gasteiger partial charge in [0.25, 0.3) is 5.91 Å². The number of ether oxygens (including phenoxy) is 1. The van der Waals surface area contributed by atoms with Gasteiger partial charge in [-0.1, -0.05) is 70.5 Å². The second-order valence-electron chi connectivity index (χ2n) is 6.80. The number of nitrogens with zero attached hydrogens (tertiary/aromatic N) is 1. The molecule has 0 saturated carbocycles. The van der Waals surface area contributed by atoms with Gasteiger partial charge in [0.15, 0.2) is 0 Å². The van der Waals surface area contributed by atoms with Gasteiger partial charge in [-0.05, 0) is 69.3 Å². The van der Waals surface area contributed by atoms with Crippen molar-refractivity contribution >= 4 is 61.4 Å². The third-order valence-corrected chi connectivity index (χ3v) is 6.13. The lowest BCUT2D eigenvalue weighted by Gasteiger charge is -2.12.